The van der Waals surface area contributed by atoms with Crippen LogP contribution in [0.25, 0.3) is 0 Å². The molecule has 2 N–H and O–H groups in total. The predicted molar refractivity (Wildman–Crippen MR) is 90.7 cm³/mol. The highest BCUT2D eigenvalue weighted by atomic mass is 79.9. The first-order chi connectivity index (χ1) is 12.1. The molecule has 8 heteroatoms. The van der Waals surface area contributed by atoms with E-state index < -0.39 is 6.03 Å². The number of nitrogens with one attached hydrogen (secondary N) is 2. The summed E-state index contributed by atoms with van der Waals surface area (Å²) in [6.45, 7) is 0.474. The smallest absolute Gasteiger partial charge is 0.320 e. The fraction of sp³-hybridized carbons (Fsp3) is 0.235. The molecule has 0 bridgehead atoms. The van der Waals surface area contributed by atoms with Gasteiger partial charge in [0.2, 0.25) is 0 Å². The minimum atomic E-state index is -0.395. The van der Waals surface area contributed by atoms with Crippen LogP contribution in [-0.2, 0) is 0 Å². The topological polar surface area (TPSA) is 87.0 Å². The van der Waals surface area contributed by atoms with E-state index >= 15 is 0 Å². The number of carbonyl (C=O) groups is 1. The fourth-order valence-corrected chi connectivity index (χ4v) is 3.76. The van der Waals surface area contributed by atoms with Crippen molar-refractivity contribution in [3.8, 4) is 11.8 Å². The second-order valence-electron chi connectivity index (χ2n) is 5.97. The zero-order valence-corrected chi connectivity index (χ0v) is 14.4. The third-order valence-corrected chi connectivity index (χ3v) is 5.01. The average Bonchev–Trinajstić information content (AvgIpc) is 3.28. The van der Waals surface area contributed by atoms with Gasteiger partial charge in [-0.25, -0.2) is 14.2 Å². The Morgan fingerprint density at radius 3 is 3.00 bits per heavy atom. The van der Waals surface area contributed by atoms with Crippen LogP contribution in [0.15, 0.2) is 34.9 Å². The van der Waals surface area contributed by atoms with E-state index in [1.807, 2.05) is 6.07 Å². The highest BCUT2D eigenvalue weighted by Crippen LogP contribution is 2.55. The van der Waals surface area contributed by atoms with Gasteiger partial charge in [-0.2, -0.15) is 5.26 Å². The maximum absolute atomic E-state index is 13.7. The molecule has 126 valence electrons. The Kier molecular flexibility index (Phi) is 3.81. The molecule has 1 aromatic carbocycles. The third-order valence-electron chi connectivity index (χ3n) is 4.42. The van der Waals surface area contributed by atoms with Gasteiger partial charge in [0.05, 0.1) is 16.6 Å². The molecule has 2 aliphatic rings. The summed E-state index contributed by atoms with van der Waals surface area (Å²) in [4.78, 5) is 16.1. The van der Waals surface area contributed by atoms with Crippen LogP contribution < -0.4 is 15.4 Å². The maximum Gasteiger partial charge on any atom is 0.320 e. The summed E-state index contributed by atoms with van der Waals surface area (Å²) >= 11 is 3.31. The van der Waals surface area contributed by atoms with E-state index in [0.717, 1.165) is 5.56 Å². The first-order valence-corrected chi connectivity index (χ1v) is 8.41. The van der Waals surface area contributed by atoms with Crippen LogP contribution in [0, 0.1) is 23.1 Å². The highest BCUT2D eigenvalue weighted by molar-refractivity contribution is 9.10. The van der Waals surface area contributed by atoms with Crippen molar-refractivity contribution in [2.24, 2.45) is 5.92 Å². The SMILES string of the molecule is N#Cc1ccc(NC(=O)NC2C3COc4c(Br)cc(F)cc4C32)nc1. The number of amides is 2. The summed E-state index contributed by atoms with van der Waals surface area (Å²) in [5, 5.41) is 14.2. The van der Waals surface area contributed by atoms with Gasteiger partial charge in [0, 0.05) is 29.6 Å². The maximum atomic E-state index is 13.7. The molecule has 0 spiro atoms. The van der Waals surface area contributed by atoms with Gasteiger partial charge >= 0.3 is 6.03 Å². The van der Waals surface area contributed by atoms with Gasteiger partial charge in [-0.3, -0.25) is 5.32 Å². The second kappa shape index (κ2) is 6.01. The van der Waals surface area contributed by atoms with E-state index in [9.17, 15) is 9.18 Å². The van der Waals surface area contributed by atoms with Crippen molar-refractivity contribution >= 4 is 27.8 Å². The van der Waals surface area contributed by atoms with E-state index in [1.165, 1.54) is 18.3 Å². The molecule has 1 aliphatic heterocycles. The van der Waals surface area contributed by atoms with Gasteiger partial charge in [-0.1, -0.05) is 0 Å². The standard InChI is InChI=1S/C17H12BrFN4O2/c18-12-4-9(19)3-10-14-11(7-25-16(10)12)15(14)23-17(24)22-13-2-1-8(5-20)6-21-13/h1-4,6,11,14-15H,7H2,(H2,21,22,23,24). The van der Waals surface area contributed by atoms with Crippen molar-refractivity contribution in [2.45, 2.75) is 12.0 Å². The molecule has 2 heterocycles. The Labute approximate surface area is 151 Å². The van der Waals surface area contributed by atoms with Crippen molar-refractivity contribution in [2.75, 3.05) is 11.9 Å². The lowest BCUT2D eigenvalue weighted by Crippen LogP contribution is -2.32. The Hall–Kier alpha value is -2.66. The van der Waals surface area contributed by atoms with Crippen LogP contribution in [0.1, 0.15) is 17.0 Å². The summed E-state index contributed by atoms with van der Waals surface area (Å²) < 4.78 is 19.9. The largest absolute Gasteiger partial charge is 0.492 e. The minimum absolute atomic E-state index is 0.0374. The summed E-state index contributed by atoms with van der Waals surface area (Å²) in [6.07, 6.45) is 1.39. The zero-order chi connectivity index (χ0) is 17.6. The number of rotatable bonds is 2. The molecule has 1 saturated carbocycles. The van der Waals surface area contributed by atoms with E-state index in [4.69, 9.17) is 10.00 Å². The van der Waals surface area contributed by atoms with Crippen molar-refractivity contribution in [1.29, 1.82) is 5.26 Å². The predicted octanol–water partition coefficient (Wildman–Crippen LogP) is 3.15. The quantitative estimate of drug-likeness (QED) is 0.807. The number of nitriles is 1. The lowest BCUT2D eigenvalue weighted by molar-refractivity contribution is 0.249. The van der Waals surface area contributed by atoms with E-state index in [0.29, 0.717) is 28.2 Å². The van der Waals surface area contributed by atoms with Crippen LogP contribution in [0.5, 0.6) is 5.75 Å². The Morgan fingerprint density at radius 2 is 2.28 bits per heavy atom. The number of halogens is 2. The summed E-state index contributed by atoms with van der Waals surface area (Å²) in [5.74, 6) is 0.815. The highest BCUT2D eigenvalue weighted by Gasteiger charge is 2.56. The fourth-order valence-electron chi connectivity index (χ4n) is 3.20. The van der Waals surface area contributed by atoms with Crippen molar-refractivity contribution in [3.63, 3.8) is 0 Å². The van der Waals surface area contributed by atoms with Crippen LogP contribution >= 0.6 is 15.9 Å². The van der Waals surface area contributed by atoms with Crippen LogP contribution in [0.4, 0.5) is 15.0 Å². The number of aromatic nitrogens is 1. The van der Waals surface area contributed by atoms with Gasteiger partial charge in [-0.15, -0.1) is 0 Å². The molecule has 1 fully saturated rings. The first kappa shape index (κ1) is 15.8. The monoisotopic (exact) mass is 402 g/mol. The van der Waals surface area contributed by atoms with Gasteiger partial charge in [0.25, 0.3) is 0 Å². The Balaban J connectivity index is 1.44. The molecule has 0 saturated heterocycles. The third kappa shape index (κ3) is 2.91. The number of hydrogen-bond acceptors (Lipinski definition) is 4. The molecule has 3 atom stereocenters. The van der Waals surface area contributed by atoms with Gasteiger partial charge in [0.1, 0.15) is 23.5 Å². The number of urea groups is 1. The van der Waals surface area contributed by atoms with E-state index in [-0.39, 0.29) is 23.7 Å². The number of hydrogen-bond donors (Lipinski definition) is 2. The molecular formula is C17H12BrFN4O2. The van der Waals surface area contributed by atoms with Gasteiger partial charge < -0.3 is 10.1 Å². The van der Waals surface area contributed by atoms with Crippen molar-refractivity contribution in [3.05, 3.63) is 51.9 Å². The number of fused-ring (bicyclic) bond motifs is 3. The van der Waals surface area contributed by atoms with Crippen molar-refractivity contribution in [1.82, 2.24) is 10.3 Å². The molecule has 1 aliphatic carbocycles. The molecule has 4 rings (SSSR count). The molecule has 6 nitrogen and oxygen atoms in total. The Morgan fingerprint density at radius 1 is 1.44 bits per heavy atom. The van der Waals surface area contributed by atoms with Gasteiger partial charge in [0.15, 0.2) is 0 Å². The molecule has 2 aromatic rings. The Bertz CT molecular complexity index is 897. The van der Waals surface area contributed by atoms with Crippen LogP contribution in [0.2, 0.25) is 0 Å². The number of benzene rings is 1. The first-order valence-electron chi connectivity index (χ1n) is 7.62. The zero-order valence-electron chi connectivity index (χ0n) is 12.8. The van der Waals surface area contributed by atoms with Crippen molar-refractivity contribution < 1.29 is 13.9 Å². The van der Waals surface area contributed by atoms with E-state index in [1.54, 1.807) is 12.1 Å². The van der Waals surface area contributed by atoms with Gasteiger partial charge in [-0.05, 0) is 40.2 Å². The molecular weight excluding hydrogens is 391 g/mol. The van der Waals surface area contributed by atoms with Crippen LogP contribution in [0.3, 0.4) is 0 Å². The average molecular weight is 403 g/mol. The molecule has 0 radical (unpaired) electrons. The second-order valence-corrected chi connectivity index (χ2v) is 6.83. The van der Waals surface area contributed by atoms with Crippen LogP contribution in [-0.4, -0.2) is 23.7 Å². The number of ether oxygens (including phenoxy) is 1. The summed E-state index contributed by atoms with van der Waals surface area (Å²) in [7, 11) is 0. The molecule has 3 unspecified atom stereocenters. The molecule has 25 heavy (non-hydrogen) atoms. The summed E-state index contributed by atoms with van der Waals surface area (Å²) in [6, 6.07) is 7.41. The lowest BCUT2D eigenvalue weighted by atomic mass is 10.1. The lowest BCUT2D eigenvalue weighted by Gasteiger charge is -2.17. The molecule has 1 aromatic heterocycles. The number of carbonyl (C=O) groups excluding carboxylic acids is 1. The summed E-state index contributed by atoms with van der Waals surface area (Å²) in [5.41, 5.74) is 1.19. The number of pyridine rings is 1. The number of anilines is 1. The normalized spacial score (nSPS) is 22.7. The minimum Gasteiger partial charge on any atom is -0.492 e. The number of nitrogens with zero attached hydrogens (tertiary/aromatic N) is 2. The molecule has 2 amide bonds. The van der Waals surface area contributed by atoms with E-state index in [2.05, 4.69) is 31.5 Å².